The number of carbonyl (C=O) groups excluding carboxylic acids is 1. The van der Waals surface area contributed by atoms with Gasteiger partial charge in [-0.15, -0.1) is 0 Å². The van der Waals surface area contributed by atoms with E-state index in [-0.39, 0.29) is 29.8 Å². The number of nitrogens with one attached hydrogen (secondary N) is 1. The van der Waals surface area contributed by atoms with Crippen LogP contribution in [0.2, 0.25) is 0 Å². The van der Waals surface area contributed by atoms with Gasteiger partial charge in [0.25, 0.3) is 0 Å². The Hall–Kier alpha value is -2.32. The quantitative estimate of drug-likeness (QED) is 0.887. The van der Waals surface area contributed by atoms with Gasteiger partial charge in [-0.2, -0.15) is 4.31 Å². The van der Waals surface area contributed by atoms with Crippen LogP contribution in [0, 0.1) is 17.6 Å². The maximum atomic E-state index is 13.2. The van der Waals surface area contributed by atoms with Gasteiger partial charge >= 0.3 is 0 Å². The summed E-state index contributed by atoms with van der Waals surface area (Å²) in [4.78, 5) is 12.3. The lowest BCUT2D eigenvalue weighted by Gasteiger charge is -2.30. The Bertz CT molecular complexity index is 893. The first-order valence-electron chi connectivity index (χ1n) is 8.18. The van der Waals surface area contributed by atoms with Gasteiger partial charge in [0.2, 0.25) is 15.9 Å². The van der Waals surface area contributed by atoms with Crippen molar-refractivity contribution >= 4 is 21.6 Å². The molecule has 138 valence electrons. The van der Waals surface area contributed by atoms with Gasteiger partial charge in [-0.05, 0) is 55.3 Å². The Labute approximate surface area is 150 Å². The summed E-state index contributed by atoms with van der Waals surface area (Å²) in [6.07, 6.45) is 0.725. The molecule has 8 heteroatoms. The first-order chi connectivity index (χ1) is 12.4. The number of nitrogens with zero attached hydrogens (tertiary/aromatic N) is 1. The molecule has 1 aliphatic rings. The third-order valence-electron chi connectivity index (χ3n) is 4.37. The fourth-order valence-corrected chi connectivity index (χ4v) is 4.39. The van der Waals surface area contributed by atoms with Crippen LogP contribution in [0.3, 0.4) is 0 Å². The van der Waals surface area contributed by atoms with Crippen LogP contribution in [0.5, 0.6) is 0 Å². The average molecular weight is 380 g/mol. The zero-order valence-corrected chi connectivity index (χ0v) is 14.7. The maximum Gasteiger partial charge on any atom is 0.243 e. The summed E-state index contributed by atoms with van der Waals surface area (Å²) in [5.74, 6) is -1.55. The highest BCUT2D eigenvalue weighted by Crippen LogP contribution is 2.25. The molecule has 0 atom stereocenters. The van der Waals surface area contributed by atoms with Gasteiger partial charge in [0, 0.05) is 24.7 Å². The molecule has 1 fully saturated rings. The molecule has 2 aromatic carbocycles. The van der Waals surface area contributed by atoms with E-state index in [1.54, 1.807) is 6.07 Å². The smallest absolute Gasteiger partial charge is 0.243 e. The van der Waals surface area contributed by atoms with Crippen molar-refractivity contribution in [3.63, 3.8) is 0 Å². The van der Waals surface area contributed by atoms with Gasteiger partial charge in [0.1, 0.15) is 11.6 Å². The molecule has 0 radical (unpaired) electrons. The van der Waals surface area contributed by atoms with E-state index < -0.39 is 21.7 Å². The number of benzene rings is 2. The van der Waals surface area contributed by atoms with E-state index in [1.165, 1.54) is 34.6 Å². The predicted molar refractivity (Wildman–Crippen MR) is 92.9 cm³/mol. The SMILES string of the molecule is O=C(Nc1cccc(F)c1)C1CCN(S(=O)(=O)c2ccc(F)cc2)CC1. The lowest BCUT2D eigenvalue weighted by Crippen LogP contribution is -2.41. The minimum atomic E-state index is -3.71. The van der Waals surface area contributed by atoms with Crippen LogP contribution in [-0.2, 0) is 14.8 Å². The largest absolute Gasteiger partial charge is 0.326 e. The number of hydrogen-bond donors (Lipinski definition) is 1. The minimum Gasteiger partial charge on any atom is -0.326 e. The highest BCUT2D eigenvalue weighted by molar-refractivity contribution is 7.89. The molecule has 0 aromatic heterocycles. The fraction of sp³-hybridized carbons (Fsp3) is 0.278. The van der Waals surface area contributed by atoms with E-state index in [0.717, 1.165) is 12.1 Å². The molecule has 1 heterocycles. The standard InChI is InChI=1S/C18H18F2N2O3S/c19-14-4-6-17(7-5-14)26(24,25)22-10-8-13(9-11-22)18(23)21-16-3-1-2-15(20)12-16/h1-7,12-13H,8-11H2,(H,21,23). The first kappa shape index (κ1) is 18.5. The molecule has 0 bridgehead atoms. The molecule has 1 saturated heterocycles. The van der Waals surface area contributed by atoms with Crippen LogP contribution in [0.15, 0.2) is 53.4 Å². The van der Waals surface area contributed by atoms with Crippen LogP contribution in [0.1, 0.15) is 12.8 Å². The van der Waals surface area contributed by atoms with Gasteiger partial charge in [-0.25, -0.2) is 17.2 Å². The van der Waals surface area contributed by atoms with Crippen molar-refractivity contribution in [3.05, 3.63) is 60.2 Å². The Morgan fingerprint density at radius 3 is 2.27 bits per heavy atom. The molecule has 3 rings (SSSR count). The molecule has 2 aromatic rings. The second-order valence-corrected chi connectivity index (χ2v) is 8.07. The van der Waals surface area contributed by atoms with Crippen molar-refractivity contribution in [2.75, 3.05) is 18.4 Å². The molecule has 1 N–H and O–H groups in total. The summed E-state index contributed by atoms with van der Waals surface area (Å²) in [5, 5.41) is 2.66. The lowest BCUT2D eigenvalue weighted by atomic mass is 9.97. The molecule has 1 amide bonds. The van der Waals surface area contributed by atoms with Crippen molar-refractivity contribution in [3.8, 4) is 0 Å². The summed E-state index contributed by atoms with van der Waals surface area (Å²) in [5.41, 5.74) is 0.372. The zero-order valence-electron chi connectivity index (χ0n) is 13.9. The van der Waals surface area contributed by atoms with Crippen LogP contribution < -0.4 is 5.32 Å². The van der Waals surface area contributed by atoms with E-state index in [0.29, 0.717) is 18.5 Å². The van der Waals surface area contributed by atoms with Crippen LogP contribution in [0.25, 0.3) is 0 Å². The summed E-state index contributed by atoms with van der Waals surface area (Å²) >= 11 is 0. The summed E-state index contributed by atoms with van der Waals surface area (Å²) in [6.45, 7) is 0.391. The Kier molecular flexibility index (Phi) is 5.33. The normalized spacial score (nSPS) is 16.4. The van der Waals surface area contributed by atoms with E-state index in [2.05, 4.69) is 5.32 Å². The van der Waals surface area contributed by atoms with Crippen molar-refractivity contribution < 1.29 is 22.0 Å². The number of rotatable bonds is 4. The van der Waals surface area contributed by atoms with Crippen LogP contribution >= 0.6 is 0 Å². The van der Waals surface area contributed by atoms with Crippen molar-refractivity contribution in [2.24, 2.45) is 5.92 Å². The summed E-state index contributed by atoms with van der Waals surface area (Å²) in [6, 6.07) is 10.3. The number of amides is 1. The zero-order chi connectivity index (χ0) is 18.7. The molecule has 0 unspecified atom stereocenters. The van der Waals surface area contributed by atoms with E-state index in [9.17, 15) is 22.0 Å². The number of piperidine rings is 1. The number of anilines is 1. The highest BCUT2D eigenvalue weighted by Gasteiger charge is 2.32. The number of halogens is 2. The average Bonchev–Trinajstić information content (AvgIpc) is 2.62. The van der Waals surface area contributed by atoms with Crippen LogP contribution in [-0.4, -0.2) is 31.7 Å². The number of carbonyl (C=O) groups is 1. The van der Waals surface area contributed by atoms with E-state index >= 15 is 0 Å². The fourth-order valence-electron chi connectivity index (χ4n) is 2.92. The van der Waals surface area contributed by atoms with E-state index in [4.69, 9.17) is 0 Å². The Balaban J connectivity index is 1.61. The van der Waals surface area contributed by atoms with Crippen molar-refractivity contribution in [1.29, 1.82) is 0 Å². The topological polar surface area (TPSA) is 66.5 Å². The lowest BCUT2D eigenvalue weighted by molar-refractivity contribution is -0.120. The van der Waals surface area contributed by atoms with Gasteiger partial charge in [0.15, 0.2) is 0 Å². The third-order valence-corrected chi connectivity index (χ3v) is 6.28. The van der Waals surface area contributed by atoms with Gasteiger partial charge in [-0.1, -0.05) is 6.07 Å². The first-order valence-corrected chi connectivity index (χ1v) is 9.62. The van der Waals surface area contributed by atoms with E-state index in [1.807, 2.05) is 0 Å². The number of hydrogen-bond acceptors (Lipinski definition) is 3. The van der Waals surface area contributed by atoms with Crippen LogP contribution in [0.4, 0.5) is 14.5 Å². The second kappa shape index (κ2) is 7.51. The maximum absolute atomic E-state index is 13.2. The molecule has 5 nitrogen and oxygen atoms in total. The summed E-state index contributed by atoms with van der Waals surface area (Å²) < 4.78 is 52.6. The molecular weight excluding hydrogens is 362 g/mol. The second-order valence-electron chi connectivity index (χ2n) is 6.13. The predicted octanol–water partition coefficient (Wildman–Crippen LogP) is 3.00. The monoisotopic (exact) mass is 380 g/mol. The molecule has 0 spiro atoms. The highest BCUT2D eigenvalue weighted by atomic mass is 32.2. The van der Waals surface area contributed by atoms with Crippen molar-refractivity contribution in [1.82, 2.24) is 4.31 Å². The van der Waals surface area contributed by atoms with Crippen molar-refractivity contribution in [2.45, 2.75) is 17.7 Å². The van der Waals surface area contributed by atoms with Gasteiger partial charge in [-0.3, -0.25) is 4.79 Å². The minimum absolute atomic E-state index is 0.0292. The third kappa shape index (κ3) is 4.08. The summed E-state index contributed by atoms with van der Waals surface area (Å²) in [7, 11) is -3.71. The Morgan fingerprint density at radius 1 is 1.00 bits per heavy atom. The molecular formula is C18H18F2N2O3S. The molecule has 1 aliphatic heterocycles. The Morgan fingerprint density at radius 2 is 1.65 bits per heavy atom. The van der Waals surface area contributed by atoms with Gasteiger partial charge < -0.3 is 5.32 Å². The molecule has 26 heavy (non-hydrogen) atoms. The molecule has 0 aliphatic carbocycles. The number of sulfonamides is 1. The molecule has 0 saturated carbocycles. The van der Waals surface area contributed by atoms with Gasteiger partial charge in [0.05, 0.1) is 4.90 Å².